The molecule has 3 aromatic rings. The van der Waals surface area contributed by atoms with Crippen molar-refractivity contribution in [2.75, 3.05) is 36.8 Å². The van der Waals surface area contributed by atoms with Crippen LogP contribution in [0.4, 0.5) is 11.8 Å². The lowest BCUT2D eigenvalue weighted by Crippen LogP contribution is -2.34. The third kappa shape index (κ3) is 5.45. The number of imidazole rings is 1. The molecule has 13 heteroatoms. The number of aliphatic hydroxyl groups is 2. The first-order valence-electron chi connectivity index (χ1n) is 14.4. The van der Waals surface area contributed by atoms with Crippen LogP contribution < -0.4 is 10.6 Å². The predicted molar refractivity (Wildman–Crippen MR) is 143 cm³/mol. The normalized spacial score (nSPS) is 26.1. The highest BCUT2D eigenvalue weighted by Gasteiger charge is 2.48. The van der Waals surface area contributed by atoms with Crippen molar-refractivity contribution in [2.45, 2.75) is 95.3 Å². The molecule has 3 fully saturated rings. The van der Waals surface area contributed by atoms with Crippen LogP contribution in [0.15, 0.2) is 10.9 Å². The molecule has 1 aliphatic carbocycles. The number of hydrogen-bond donors (Lipinski definition) is 4. The van der Waals surface area contributed by atoms with Gasteiger partial charge in [0.05, 0.1) is 6.33 Å². The van der Waals surface area contributed by atoms with Crippen molar-refractivity contribution in [3.8, 4) is 0 Å². The van der Waals surface area contributed by atoms with Crippen LogP contribution in [0.5, 0.6) is 0 Å². The van der Waals surface area contributed by atoms with Gasteiger partial charge in [-0.15, -0.1) is 0 Å². The maximum atomic E-state index is 11.0. The Balaban J connectivity index is 1.27. The first-order valence-corrected chi connectivity index (χ1v) is 14.4. The minimum Gasteiger partial charge on any atom is -0.387 e. The van der Waals surface area contributed by atoms with E-state index >= 15 is 0 Å². The number of hydrogen-bond acceptors (Lipinski definition) is 12. The third-order valence-electron chi connectivity index (χ3n) is 8.06. The Bertz CT molecular complexity index is 1250. The van der Waals surface area contributed by atoms with Gasteiger partial charge in [0, 0.05) is 25.0 Å². The molecule has 6 rings (SSSR count). The van der Waals surface area contributed by atoms with E-state index in [-0.39, 0.29) is 11.9 Å². The van der Waals surface area contributed by atoms with Crippen LogP contribution in [0.25, 0.3) is 11.2 Å². The lowest BCUT2D eigenvalue weighted by molar-refractivity contribution is -0.0451. The number of rotatable bonds is 11. The maximum Gasteiger partial charge on any atom is 0.258 e. The van der Waals surface area contributed by atoms with Crippen molar-refractivity contribution in [1.82, 2.24) is 34.6 Å². The van der Waals surface area contributed by atoms with Gasteiger partial charge in [0.25, 0.3) is 5.89 Å². The van der Waals surface area contributed by atoms with Crippen LogP contribution in [0.2, 0.25) is 0 Å². The van der Waals surface area contributed by atoms with Crippen LogP contribution >= 0.6 is 0 Å². The molecule has 0 aromatic carbocycles. The van der Waals surface area contributed by atoms with Crippen molar-refractivity contribution in [3.05, 3.63) is 18.0 Å². The third-order valence-corrected chi connectivity index (χ3v) is 8.06. The van der Waals surface area contributed by atoms with Crippen molar-refractivity contribution >= 4 is 22.9 Å². The van der Waals surface area contributed by atoms with Crippen molar-refractivity contribution in [2.24, 2.45) is 0 Å². The average molecular weight is 542 g/mol. The summed E-state index contributed by atoms with van der Waals surface area (Å²) in [5, 5.41) is 32.8. The Kier molecular flexibility index (Phi) is 7.65. The lowest BCUT2D eigenvalue weighted by atomic mass is 10.1. The highest BCUT2D eigenvalue weighted by atomic mass is 16.6. The van der Waals surface area contributed by atoms with Gasteiger partial charge in [-0.25, -0.2) is 4.98 Å². The molecule has 1 saturated carbocycles. The standard InChI is InChI=1S/C26H39N9O4/c1-3-16(4-2)29-22-17-23(32-26(31-22)27-10-13-34-11-6-5-7-12-34)35(14-28-17)25-19(37)18(36)20(38-25)24-30-21(33-39-24)15-8-9-15/h14-16,18-20,25,36-37H,3-13H2,1-2H3,(H2,27,29,31,32)/t18-,19+,20-,25+/m0/s1. The summed E-state index contributed by atoms with van der Waals surface area (Å²) < 4.78 is 13.2. The second-order valence-electron chi connectivity index (χ2n) is 10.9. The summed E-state index contributed by atoms with van der Waals surface area (Å²) in [6.45, 7) is 8.14. The molecule has 0 bridgehead atoms. The number of anilines is 2. The number of aliphatic hydroxyl groups excluding tert-OH is 2. The number of nitrogens with one attached hydrogen (secondary N) is 2. The smallest absolute Gasteiger partial charge is 0.258 e. The summed E-state index contributed by atoms with van der Waals surface area (Å²) in [6.07, 6.45) is 4.91. The monoisotopic (exact) mass is 541 g/mol. The highest BCUT2D eigenvalue weighted by Crippen LogP contribution is 2.42. The first-order chi connectivity index (χ1) is 19.1. The topological polar surface area (TPSA) is 160 Å². The molecule has 0 unspecified atom stereocenters. The fourth-order valence-electron chi connectivity index (χ4n) is 5.44. The second kappa shape index (κ2) is 11.3. The molecule has 212 valence electrons. The summed E-state index contributed by atoms with van der Waals surface area (Å²) in [7, 11) is 0. The number of piperidine rings is 1. The molecule has 0 spiro atoms. The molecule has 4 N–H and O–H groups in total. The SMILES string of the molecule is CCC(CC)Nc1nc(NCCN2CCCCC2)nc2c1ncn2[C@@H]1O[C@H](c2nc(C3CC3)no2)[C@@H](O)[C@H]1O. The molecular formula is C26H39N9O4. The molecular weight excluding hydrogens is 502 g/mol. The van der Waals surface area contributed by atoms with E-state index in [1.54, 1.807) is 10.9 Å². The van der Waals surface area contributed by atoms with E-state index in [0.29, 0.717) is 41.2 Å². The second-order valence-corrected chi connectivity index (χ2v) is 10.9. The number of aromatic nitrogens is 6. The molecule has 4 atom stereocenters. The Morgan fingerprint density at radius 3 is 2.59 bits per heavy atom. The van der Waals surface area contributed by atoms with E-state index in [1.807, 2.05) is 0 Å². The van der Waals surface area contributed by atoms with Crippen LogP contribution in [-0.4, -0.2) is 89.2 Å². The Morgan fingerprint density at radius 2 is 1.85 bits per heavy atom. The minimum absolute atomic E-state index is 0.168. The van der Waals surface area contributed by atoms with E-state index in [2.05, 4.69) is 44.5 Å². The van der Waals surface area contributed by atoms with Crippen LogP contribution in [0.1, 0.15) is 88.8 Å². The number of likely N-dealkylation sites (tertiary alicyclic amines) is 1. The first kappa shape index (κ1) is 26.4. The Hall–Kier alpha value is -2.87. The molecule has 3 aliphatic rings. The minimum atomic E-state index is -1.25. The number of fused-ring (bicyclic) bond motifs is 1. The van der Waals surface area contributed by atoms with Gasteiger partial charge >= 0.3 is 0 Å². The van der Waals surface area contributed by atoms with Gasteiger partial charge in [0.15, 0.2) is 35.1 Å². The number of ether oxygens (including phenoxy) is 1. The molecule has 0 amide bonds. The number of nitrogens with zero attached hydrogens (tertiary/aromatic N) is 7. The van der Waals surface area contributed by atoms with Gasteiger partial charge in [-0.05, 0) is 51.6 Å². The quantitative estimate of drug-likeness (QED) is 0.281. The summed E-state index contributed by atoms with van der Waals surface area (Å²) in [5.41, 5.74) is 1.08. The molecule has 3 aromatic heterocycles. The average Bonchev–Trinajstić information content (AvgIpc) is 3.42. The summed E-state index contributed by atoms with van der Waals surface area (Å²) in [5.74, 6) is 2.20. The molecule has 13 nitrogen and oxygen atoms in total. The van der Waals surface area contributed by atoms with Gasteiger partial charge in [-0.1, -0.05) is 25.4 Å². The maximum absolute atomic E-state index is 11.0. The molecule has 2 aliphatic heterocycles. The van der Waals surface area contributed by atoms with E-state index in [9.17, 15) is 10.2 Å². The zero-order chi connectivity index (χ0) is 26.9. The van der Waals surface area contributed by atoms with Crippen molar-refractivity contribution in [1.29, 1.82) is 0 Å². The van der Waals surface area contributed by atoms with Crippen LogP contribution in [-0.2, 0) is 4.74 Å². The van der Waals surface area contributed by atoms with Crippen LogP contribution in [0.3, 0.4) is 0 Å². The van der Waals surface area contributed by atoms with Crippen LogP contribution in [0, 0.1) is 0 Å². The van der Waals surface area contributed by atoms with E-state index in [1.165, 1.54) is 19.3 Å². The van der Waals surface area contributed by atoms with Gasteiger partial charge in [0.2, 0.25) is 5.95 Å². The Labute approximate surface area is 227 Å². The zero-order valence-corrected chi connectivity index (χ0v) is 22.7. The molecule has 2 saturated heterocycles. The van der Waals surface area contributed by atoms with E-state index < -0.39 is 24.5 Å². The summed E-state index contributed by atoms with van der Waals surface area (Å²) in [6, 6.07) is 0.229. The van der Waals surface area contributed by atoms with Crippen molar-refractivity contribution in [3.63, 3.8) is 0 Å². The summed E-state index contributed by atoms with van der Waals surface area (Å²) in [4.78, 5) is 21.0. The highest BCUT2D eigenvalue weighted by molar-refractivity contribution is 5.84. The molecule has 5 heterocycles. The molecule has 39 heavy (non-hydrogen) atoms. The van der Waals surface area contributed by atoms with Gasteiger partial charge < -0.3 is 35.0 Å². The van der Waals surface area contributed by atoms with Gasteiger partial charge in [0.1, 0.15) is 12.2 Å². The zero-order valence-electron chi connectivity index (χ0n) is 22.7. The van der Waals surface area contributed by atoms with E-state index in [0.717, 1.165) is 45.3 Å². The van der Waals surface area contributed by atoms with Crippen molar-refractivity contribution < 1.29 is 19.5 Å². The fourth-order valence-corrected chi connectivity index (χ4v) is 5.44. The molecule has 0 radical (unpaired) electrons. The predicted octanol–water partition coefficient (Wildman–Crippen LogP) is 2.58. The lowest BCUT2D eigenvalue weighted by Gasteiger charge is -2.26. The van der Waals surface area contributed by atoms with E-state index in [4.69, 9.17) is 19.2 Å². The summed E-state index contributed by atoms with van der Waals surface area (Å²) >= 11 is 0. The largest absolute Gasteiger partial charge is 0.387 e. The van der Waals surface area contributed by atoms with Gasteiger partial charge in [-0.2, -0.15) is 15.0 Å². The Morgan fingerprint density at radius 1 is 1.05 bits per heavy atom. The fraction of sp³-hybridized carbons (Fsp3) is 0.731. The van der Waals surface area contributed by atoms with Gasteiger partial charge in [-0.3, -0.25) is 4.57 Å².